The van der Waals surface area contributed by atoms with Gasteiger partial charge in [-0.05, 0) is 29.8 Å². The van der Waals surface area contributed by atoms with Crippen LogP contribution in [-0.4, -0.2) is 129 Å². The lowest BCUT2D eigenvalue weighted by Crippen LogP contribution is -3.09. The largest absolute Gasteiger partial charge is 0.486 e. The highest BCUT2D eigenvalue weighted by Crippen LogP contribution is 2.45. The number of hydrogen-bond donors (Lipinski definition) is 9. The second-order valence-corrected chi connectivity index (χ2v) is 13.2. The van der Waals surface area contributed by atoms with Crippen molar-refractivity contribution in [3.05, 3.63) is 87.5 Å². The smallest absolute Gasteiger partial charge is 0.284 e. The molecule has 3 aromatic rings. The van der Waals surface area contributed by atoms with Crippen LogP contribution in [0.1, 0.15) is 55.0 Å². The number of hydrogen-bond acceptors (Lipinski definition) is 15. The van der Waals surface area contributed by atoms with E-state index < -0.39 is 74.1 Å². The van der Waals surface area contributed by atoms with Gasteiger partial charge in [0.15, 0.2) is 29.7 Å². The first-order valence-corrected chi connectivity index (χ1v) is 17.2. The third-order valence-electron chi connectivity index (χ3n) is 9.71. The number of amidine groups is 1. The Kier molecular flexibility index (Phi) is 10.5. The van der Waals surface area contributed by atoms with Crippen molar-refractivity contribution < 1.29 is 68.9 Å². The van der Waals surface area contributed by atoms with Gasteiger partial charge in [0.05, 0.1) is 24.9 Å². The monoisotopic (exact) mass is 758 g/mol. The minimum atomic E-state index is -1.91. The number of carbonyl (C=O) groups excluding carboxylic acids is 4. The lowest BCUT2D eigenvalue weighted by atomic mass is 9.81. The highest BCUT2D eigenvalue weighted by molar-refractivity contribution is 6.68. The highest BCUT2D eigenvalue weighted by Gasteiger charge is 2.46. The summed E-state index contributed by atoms with van der Waals surface area (Å²) in [5, 5.41) is 72.6. The molecule has 1 aliphatic carbocycles. The Balaban J connectivity index is 1.41. The zero-order valence-electron chi connectivity index (χ0n) is 28.8. The number of fused-ring (bicyclic) bond motifs is 3. The summed E-state index contributed by atoms with van der Waals surface area (Å²) in [5.74, 6) is -2.72. The first-order valence-electron chi connectivity index (χ1n) is 17.2. The van der Waals surface area contributed by atoms with Crippen molar-refractivity contribution in [3.63, 3.8) is 0 Å². The first-order chi connectivity index (χ1) is 26.4. The molecule has 7 rings (SSSR count). The Morgan fingerprint density at radius 3 is 2.49 bits per heavy atom. The summed E-state index contributed by atoms with van der Waals surface area (Å²) in [7, 11) is 0. The molecule has 0 aromatic heterocycles. The normalized spacial score (nSPS) is 24.9. The summed E-state index contributed by atoms with van der Waals surface area (Å²) in [6.45, 7) is -1.74. The number of nitrogens with one attached hydrogen (secondary N) is 3. The van der Waals surface area contributed by atoms with Crippen molar-refractivity contribution in [1.29, 1.82) is 5.41 Å². The van der Waals surface area contributed by atoms with Crippen LogP contribution in [0.15, 0.2) is 58.5 Å². The summed E-state index contributed by atoms with van der Waals surface area (Å²) in [4.78, 5) is 61.4. The Morgan fingerprint density at radius 2 is 1.75 bits per heavy atom. The molecule has 0 bridgehead atoms. The van der Waals surface area contributed by atoms with Crippen LogP contribution >= 0.6 is 0 Å². The number of ether oxygens (including phenoxy) is 3. The van der Waals surface area contributed by atoms with Crippen LogP contribution in [0.3, 0.4) is 0 Å². The quantitative estimate of drug-likeness (QED) is 0.0674. The van der Waals surface area contributed by atoms with Gasteiger partial charge in [-0.15, -0.1) is 0 Å². The van der Waals surface area contributed by atoms with Gasteiger partial charge in [0.25, 0.3) is 11.7 Å². The van der Waals surface area contributed by atoms with E-state index in [-0.39, 0.29) is 76.3 Å². The second-order valence-electron chi connectivity index (χ2n) is 13.2. The van der Waals surface area contributed by atoms with Gasteiger partial charge in [0.1, 0.15) is 43.0 Å². The molecule has 9 N–H and O–H groups in total. The van der Waals surface area contributed by atoms with Crippen molar-refractivity contribution >= 4 is 47.0 Å². The third kappa shape index (κ3) is 6.85. The van der Waals surface area contributed by atoms with Crippen LogP contribution in [0, 0.1) is 5.41 Å². The number of para-hydroxylation sites is 1. The van der Waals surface area contributed by atoms with Crippen LogP contribution in [0.5, 0.6) is 11.5 Å². The van der Waals surface area contributed by atoms with E-state index in [0.717, 1.165) is 0 Å². The van der Waals surface area contributed by atoms with Gasteiger partial charge in [-0.1, -0.05) is 24.3 Å². The SMILES string of the molecule is N=C1N=C2C(=NC[NH+]2c2ccccc2Cc2cc3c(c(OC[C@H](O)CC=O)c2O[C@H]2O[C@@H](CO)[C@H](O)[C@@H](O)[C@@H]2O)C(=O)c2cc(CO)ccc2C3=O)C(=O)N1. The van der Waals surface area contributed by atoms with E-state index in [0.29, 0.717) is 28.0 Å². The Morgan fingerprint density at radius 1 is 0.964 bits per heavy atom. The molecule has 18 heteroatoms. The zero-order chi connectivity index (χ0) is 39.1. The van der Waals surface area contributed by atoms with Gasteiger partial charge >= 0.3 is 0 Å². The fraction of sp³-hybridized carbons (Fsp3) is 0.324. The van der Waals surface area contributed by atoms with Gasteiger partial charge in [-0.3, -0.25) is 25.1 Å². The van der Waals surface area contributed by atoms with Gasteiger partial charge in [-0.25, -0.2) is 9.89 Å². The molecule has 1 saturated heterocycles. The van der Waals surface area contributed by atoms with Crippen molar-refractivity contribution in [2.24, 2.45) is 9.98 Å². The molecular weight excluding hydrogens is 722 g/mol. The van der Waals surface area contributed by atoms with Crippen LogP contribution in [0.25, 0.3) is 0 Å². The van der Waals surface area contributed by atoms with E-state index in [1.807, 2.05) is 0 Å². The number of amides is 1. The molecule has 18 nitrogen and oxygen atoms in total. The molecule has 3 heterocycles. The molecule has 1 amide bonds. The minimum absolute atomic E-state index is 0.0396. The number of guanidine groups is 1. The molecule has 0 saturated carbocycles. The average molecular weight is 759 g/mol. The fourth-order valence-corrected chi connectivity index (χ4v) is 6.94. The summed E-state index contributed by atoms with van der Waals surface area (Å²) < 4.78 is 18.0. The molecule has 4 aliphatic rings. The maximum absolute atomic E-state index is 14.3. The molecule has 1 fully saturated rings. The maximum atomic E-state index is 14.3. The molecule has 3 aliphatic heterocycles. The summed E-state index contributed by atoms with van der Waals surface area (Å²) in [6, 6.07) is 12.6. The van der Waals surface area contributed by atoms with E-state index in [9.17, 15) is 49.8 Å². The van der Waals surface area contributed by atoms with Crippen LogP contribution in [0.4, 0.5) is 5.69 Å². The molecule has 286 valence electrons. The standard InChI is InChI=1S/C37H35N5O13/c38-37-40-34-26(35(52)41-37)39-15-42(34)23-4-2-1-3-17(23)10-18-11-22-25(28(48)21-9-16(12-44)5-6-20(21)27(22)47)33(53-14-19(46)7-8-43)32(18)55-36-31(51)30(50)29(49)24(13-45)54-36/h1-6,8-9,11,19,24,29-31,36,44-46,49-51H,7,10,12-15H2,(H2,38,41,52)/p+1/t19-,24+,29+,30-,31+,36-/m1/s1. The maximum Gasteiger partial charge on any atom is 0.284 e. The molecule has 1 unspecified atom stereocenters. The number of quaternary nitrogens is 1. The molecule has 7 atom stereocenters. The van der Waals surface area contributed by atoms with Gasteiger partial charge < -0.3 is 49.6 Å². The van der Waals surface area contributed by atoms with Crippen LogP contribution in [0.2, 0.25) is 0 Å². The minimum Gasteiger partial charge on any atom is -0.486 e. The number of aliphatic hydroxyl groups excluding tert-OH is 6. The van der Waals surface area contributed by atoms with E-state index in [4.69, 9.17) is 19.6 Å². The van der Waals surface area contributed by atoms with Gasteiger partial charge in [-0.2, -0.15) is 4.99 Å². The molecule has 0 radical (unpaired) electrons. The Hall–Kier alpha value is -5.57. The molecule has 0 spiro atoms. The number of aldehydes is 1. The number of aliphatic hydroxyl groups is 6. The molecule has 3 aromatic carbocycles. The number of ketones is 2. The topological polar surface area (TPSA) is 282 Å². The number of rotatable bonds is 12. The predicted octanol–water partition coefficient (Wildman–Crippen LogP) is -2.56. The van der Waals surface area contributed by atoms with Crippen molar-refractivity contribution in [3.8, 4) is 11.5 Å². The third-order valence-corrected chi connectivity index (χ3v) is 9.71. The highest BCUT2D eigenvalue weighted by atomic mass is 16.7. The van der Waals surface area contributed by atoms with Gasteiger partial charge in [0.2, 0.25) is 18.0 Å². The van der Waals surface area contributed by atoms with Crippen LogP contribution in [-0.2, 0) is 27.4 Å². The first kappa shape index (κ1) is 37.7. The fourth-order valence-electron chi connectivity index (χ4n) is 6.94. The van der Waals surface area contributed by atoms with Crippen molar-refractivity contribution in [2.45, 2.75) is 56.3 Å². The summed E-state index contributed by atoms with van der Waals surface area (Å²) in [6.07, 6.45) is -10.1. The predicted molar refractivity (Wildman–Crippen MR) is 188 cm³/mol. The number of aliphatic imine (C=N–C) groups is 2. The number of nitrogens with zero attached hydrogens (tertiary/aromatic N) is 2. The van der Waals surface area contributed by atoms with E-state index in [1.165, 1.54) is 24.3 Å². The molecular formula is C37H36N5O13+. The van der Waals surface area contributed by atoms with E-state index in [2.05, 4.69) is 15.3 Å². The second kappa shape index (κ2) is 15.3. The summed E-state index contributed by atoms with van der Waals surface area (Å²) in [5.41, 5.74) is 1.23. The number of benzene rings is 3. The Labute approximate surface area is 311 Å². The van der Waals surface area contributed by atoms with Crippen LogP contribution < -0.4 is 19.7 Å². The lowest BCUT2D eigenvalue weighted by Gasteiger charge is -2.40. The van der Waals surface area contributed by atoms with Crippen molar-refractivity contribution in [1.82, 2.24) is 5.32 Å². The van der Waals surface area contributed by atoms with Gasteiger partial charge in [0, 0.05) is 40.7 Å². The zero-order valence-corrected chi connectivity index (χ0v) is 28.8. The summed E-state index contributed by atoms with van der Waals surface area (Å²) >= 11 is 0. The number of carbonyl (C=O) groups is 4. The van der Waals surface area contributed by atoms with Crippen molar-refractivity contribution in [2.75, 3.05) is 19.9 Å². The van der Waals surface area contributed by atoms with E-state index in [1.54, 1.807) is 24.3 Å². The lowest BCUT2D eigenvalue weighted by molar-refractivity contribution is -0.723. The average Bonchev–Trinajstić information content (AvgIpc) is 3.60. The van der Waals surface area contributed by atoms with E-state index >= 15 is 0 Å². The molecule has 55 heavy (non-hydrogen) atoms. The Bertz CT molecular complexity index is 2170.